The smallest absolute Gasteiger partial charge is 0.379 e. The topological polar surface area (TPSA) is 20.2 Å². The Morgan fingerprint density at radius 2 is 1.79 bits per heavy atom. The number of hydrogen-bond donors (Lipinski definition) is 1. The second kappa shape index (κ2) is 4.20. The first kappa shape index (κ1) is 12.0. The lowest BCUT2D eigenvalue weighted by atomic mass is 10.1. The molecule has 0 aromatic heterocycles. The lowest BCUT2D eigenvalue weighted by Gasteiger charge is -2.16. The molecule has 0 saturated carbocycles. The second-order valence-corrected chi connectivity index (χ2v) is 4.38. The van der Waals surface area contributed by atoms with Gasteiger partial charge in [-0.1, -0.05) is 31.9 Å². The van der Waals surface area contributed by atoms with E-state index in [2.05, 4.69) is 31.9 Å². The molecule has 1 aromatic carbocycles. The number of rotatable bonds is 1. The Kier molecular flexibility index (Phi) is 3.60. The zero-order valence-corrected chi connectivity index (χ0v) is 9.82. The molecule has 0 heterocycles. The van der Waals surface area contributed by atoms with Crippen LogP contribution in [0.1, 0.15) is 11.7 Å². The first-order chi connectivity index (χ1) is 6.32. The molecule has 1 aromatic rings. The first-order valence-corrected chi connectivity index (χ1v) is 5.10. The number of benzene rings is 1. The van der Waals surface area contributed by atoms with Crippen LogP contribution < -0.4 is 0 Å². The summed E-state index contributed by atoms with van der Waals surface area (Å²) < 4.78 is 37.2. The van der Waals surface area contributed by atoms with Crippen molar-refractivity contribution in [2.75, 3.05) is 0 Å². The van der Waals surface area contributed by atoms with Gasteiger partial charge < -0.3 is 5.11 Å². The highest BCUT2D eigenvalue weighted by Crippen LogP contribution is 2.37. The number of aliphatic hydroxyl groups excluding tert-OH is 1. The van der Waals surface area contributed by atoms with Crippen molar-refractivity contribution in [1.29, 1.82) is 0 Å². The van der Waals surface area contributed by atoms with Gasteiger partial charge in [-0.05, 0) is 18.2 Å². The van der Waals surface area contributed by atoms with Crippen molar-refractivity contribution >= 4 is 31.9 Å². The number of hydrogen-bond acceptors (Lipinski definition) is 1. The Balaban J connectivity index is 3.12. The van der Waals surface area contributed by atoms with Crippen molar-refractivity contribution in [1.82, 2.24) is 0 Å². The molecule has 78 valence electrons. The van der Waals surface area contributed by atoms with Gasteiger partial charge in [0, 0.05) is 14.5 Å². The minimum Gasteiger partial charge on any atom is -0.379 e. The van der Waals surface area contributed by atoms with Gasteiger partial charge in [0.05, 0.1) is 0 Å². The van der Waals surface area contributed by atoms with Crippen molar-refractivity contribution in [3.8, 4) is 0 Å². The second-order valence-electron chi connectivity index (χ2n) is 2.61. The molecule has 14 heavy (non-hydrogen) atoms. The summed E-state index contributed by atoms with van der Waals surface area (Å²) in [5.74, 6) is 0. The Labute approximate surface area is 95.2 Å². The molecule has 1 nitrogen and oxygen atoms in total. The van der Waals surface area contributed by atoms with Crippen LogP contribution in [0.4, 0.5) is 13.2 Å². The summed E-state index contributed by atoms with van der Waals surface area (Å²) in [6.07, 6.45) is -7.11. The zero-order chi connectivity index (χ0) is 10.9. The maximum absolute atomic E-state index is 12.2. The van der Waals surface area contributed by atoms with Gasteiger partial charge in [0.15, 0.2) is 6.10 Å². The van der Waals surface area contributed by atoms with Crippen LogP contribution in [0.3, 0.4) is 0 Å². The maximum Gasteiger partial charge on any atom is 0.418 e. The molecule has 6 heteroatoms. The van der Waals surface area contributed by atoms with Crippen molar-refractivity contribution in [2.45, 2.75) is 12.3 Å². The van der Waals surface area contributed by atoms with E-state index < -0.39 is 12.3 Å². The number of aliphatic hydroxyl groups is 1. The van der Waals surface area contributed by atoms with Crippen LogP contribution in [0.25, 0.3) is 0 Å². The SMILES string of the molecule is OC(c1cc(Br)ccc1Br)C(F)(F)F. The molecular weight excluding hydrogens is 329 g/mol. The van der Waals surface area contributed by atoms with E-state index in [-0.39, 0.29) is 10.0 Å². The summed E-state index contributed by atoms with van der Waals surface area (Å²) in [5.41, 5.74) is -0.202. The fourth-order valence-corrected chi connectivity index (χ4v) is 1.74. The van der Waals surface area contributed by atoms with Gasteiger partial charge in [-0.3, -0.25) is 0 Å². The van der Waals surface area contributed by atoms with Crippen molar-refractivity contribution in [3.63, 3.8) is 0 Å². The van der Waals surface area contributed by atoms with Crippen LogP contribution in [-0.2, 0) is 0 Å². The van der Waals surface area contributed by atoms with Crippen molar-refractivity contribution in [2.24, 2.45) is 0 Å². The van der Waals surface area contributed by atoms with E-state index in [0.29, 0.717) is 4.47 Å². The molecule has 0 aliphatic heterocycles. The van der Waals surface area contributed by atoms with Gasteiger partial charge in [-0.25, -0.2) is 0 Å². The van der Waals surface area contributed by atoms with E-state index in [1.807, 2.05) is 0 Å². The lowest BCUT2D eigenvalue weighted by Crippen LogP contribution is -2.20. The Bertz CT molecular complexity index is 338. The third-order valence-electron chi connectivity index (χ3n) is 1.56. The molecule has 1 rings (SSSR count). The predicted octanol–water partition coefficient (Wildman–Crippen LogP) is 3.81. The Morgan fingerprint density at radius 3 is 2.29 bits per heavy atom. The van der Waals surface area contributed by atoms with Crippen molar-refractivity contribution in [3.05, 3.63) is 32.7 Å². The molecule has 0 aliphatic rings. The highest BCUT2D eigenvalue weighted by Gasteiger charge is 2.40. The van der Waals surface area contributed by atoms with Crippen LogP contribution in [0, 0.1) is 0 Å². The molecule has 0 radical (unpaired) electrons. The third-order valence-corrected chi connectivity index (χ3v) is 2.78. The molecule has 0 bridgehead atoms. The van der Waals surface area contributed by atoms with E-state index in [4.69, 9.17) is 5.11 Å². The van der Waals surface area contributed by atoms with Crippen molar-refractivity contribution < 1.29 is 18.3 Å². The molecule has 0 amide bonds. The van der Waals surface area contributed by atoms with E-state index >= 15 is 0 Å². The van der Waals surface area contributed by atoms with Gasteiger partial charge in [-0.15, -0.1) is 0 Å². The summed E-state index contributed by atoms with van der Waals surface area (Å²) in [5, 5.41) is 8.99. The molecule has 0 spiro atoms. The molecular formula is C8H5Br2F3O. The maximum atomic E-state index is 12.2. The molecule has 0 aliphatic carbocycles. The van der Waals surface area contributed by atoms with Gasteiger partial charge >= 0.3 is 6.18 Å². The quantitative estimate of drug-likeness (QED) is 0.828. The summed E-state index contributed by atoms with van der Waals surface area (Å²) in [4.78, 5) is 0. The van der Waals surface area contributed by atoms with Crippen LogP contribution >= 0.6 is 31.9 Å². The molecule has 1 unspecified atom stereocenters. The minimum atomic E-state index is -4.65. The number of alkyl halides is 3. The molecule has 0 saturated heterocycles. The summed E-state index contributed by atoms with van der Waals surface area (Å²) >= 11 is 5.97. The zero-order valence-electron chi connectivity index (χ0n) is 6.65. The minimum absolute atomic E-state index is 0.202. The molecule has 1 atom stereocenters. The molecule has 0 fully saturated rings. The number of halogens is 5. The average molecular weight is 334 g/mol. The lowest BCUT2D eigenvalue weighted by molar-refractivity contribution is -0.207. The van der Waals surface area contributed by atoms with E-state index in [1.165, 1.54) is 12.1 Å². The predicted molar refractivity (Wildman–Crippen MR) is 52.9 cm³/mol. The van der Waals surface area contributed by atoms with E-state index in [1.54, 1.807) is 6.07 Å². The normalized spacial score (nSPS) is 14.1. The molecule has 1 N–H and O–H groups in total. The fraction of sp³-hybridized carbons (Fsp3) is 0.250. The first-order valence-electron chi connectivity index (χ1n) is 3.52. The highest BCUT2D eigenvalue weighted by molar-refractivity contribution is 9.11. The third kappa shape index (κ3) is 2.71. The highest BCUT2D eigenvalue weighted by atomic mass is 79.9. The van der Waals surface area contributed by atoms with Crippen LogP contribution in [-0.4, -0.2) is 11.3 Å². The van der Waals surface area contributed by atoms with E-state index in [9.17, 15) is 13.2 Å². The fourth-order valence-electron chi connectivity index (χ4n) is 0.900. The summed E-state index contributed by atoms with van der Waals surface area (Å²) in [6.45, 7) is 0. The van der Waals surface area contributed by atoms with Crippen LogP contribution in [0.2, 0.25) is 0 Å². The van der Waals surface area contributed by atoms with Gasteiger partial charge in [0.2, 0.25) is 0 Å². The van der Waals surface area contributed by atoms with Crippen LogP contribution in [0.15, 0.2) is 27.1 Å². The van der Waals surface area contributed by atoms with Gasteiger partial charge in [0.1, 0.15) is 0 Å². The summed E-state index contributed by atoms with van der Waals surface area (Å²) in [7, 11) is 0. The van der Waals surface area contributed by atoms with Gasteiger partial charge in [0.25, 0.3) is 0 Å². The standard InChI is InChI=1S/C8H5Br2F3O/c9-4-1-2-6(10)5(3-4)7(14)8(11,12)13/h1-3,7,14H. The Morgan fingerprint density at radius 1 is 1.21 bits per heavy atom. The summed E-state index contributed by atoms with van der Waals surface area (Å²) in [6, 6.07) is 4.24. The van der Waals surface area contributed by atoms with Crippen LogP contribution in [0.5, 0.6) is 0 Å². The van der Waals surface area contributed by atoms with Gasteiger partial charge in [-0.2, -0.15) is 13.2 Å². The van der Waals surface area contributed by atoms with E-state index in [0.717, 1.165) is 0 Å². The monoisotopic (exact) mass is 332 g/mol. The Hall–Kier alpha value is -0.0700. The average Bonchev–Trinajstić information content (AvgIpc) is 2.06. The largest absolute Gasteiger partial charge is 0.418 e.